The maximum absolute atomic E-state index is 5.66. The molecule has 90 valence electrons. The second-order valence-electron chi connectivity index (χ2n) is 4.30. The maximum Gasteiger partial charge on any atom is 0.137 e. The molecule has 3 heterocycles. The summed E-state index contributed by atoms with van der Waals surface area (Å²) < 4.78 is 0. The Balaban J connectivity index is 2.20. The van der Waals surface area contributed by atoms with Crippen LogP contribution in [0.15, 0.2) is 36.8 Å². The first-order valence-electron chi connectivity index (χ1n) is 5.87. The van der Waals surface area contributed by atoms with Gasteiger partial charge in [0.05, 0.1) is 5.69 Å². The van der Waals surface area contributed by atoms with Crippen LogP contribution < -0.4 is 5.73 Å². The monoisotopic (exact) mass is 238 g/mol. The molecule has 0 saturated heterocycles. The fourth-order valence-electron chi connectivity index (χ4n) is 2.13. The number of hydrogen-bond acceptors (Lipinski definition) is 3. The Bertz CT molecular complexity index is 700. The fourth-order valence-corrected chi connectivity index (χ4v) is 2.13. The smallest absolute Gasteiger partial charge is 0.137 e. The van der Waals surface area contributed by atoms with E-state index in [1.807, 2.05) is 24.5 Å². The molecule has 3 N–H and O–H groups in total. The van der Waals surface area contributed by atoms with Gasteiger partial charge in [0.25, 0.3) is 0 Å². The molecule has 3 rings (SSSR count). The van der Waals surface area contributed by atoms with Crippen LogP contribution >= 0.6 is 0 Å². The largest absolute Gasteiger partial charge is 0.346 e. The van der Waals surface area contributed by atoms with Crippen LogP contribution in [0.5, 0.6) is 0 Å². The van der Waals surface area contributed by atoms with Crippen molar-refractivity contribution in [3.63, 3.8) is 0 Å². The lowest BCUT2D eigenvalue weighted by atomic mass is 10.1. The van der Waals surface area contributed by atoms with Crippen LogP contribution in [0.4, 0.5) is 0 Å². The summed E-state index contributed by atoms with van der Waals surface area (Å²) in [7, 11) is 0. The highest BCUT2D eigenvalue weighted by atomic mass is 14.8. The summed E-state index contributed by atoms with van der Waals surface area (Å²) in [5.74, 6) is 0. The van der Waals surface area contributed by atoms with Crippen molar-refractivity contribution >= 4 is 11.0 Å². The van der Waals surface area contributed by atoms with Gasteiger partial charge < -0.3 is 10.7 Å². The first-order valence-corrected chi connectivity index (χ1v) is 5.87. The Morgan fingerprint density at radius 3 is 2.94 bits per heavy atom. The lowest BCUT2D eigenvalue weighted by molar-refractivity contribution is 1.03. The summed E-state index contributed by atoms with van der Waals surface area (Å²) in [6.45, 7) is 2.58. The van der Waals surface area contributed by atoms with Crippen LogP contribution in [0.25, 0.3) is 22.3 Å². The van der Waals surface area contributed by atoms with E-state index in [0.717, 1.165) is 27.9 Å². The molecule has 0 bridgehead atoms. The van der Waals surface area contributed by atoms with E-state index in [1.165, 1.54) is 5.56 Å². The highest BCUT2D eigenvalue weighted by molar-refractivity contribution is 5.91. The molecule has 0 spiro atoms. The van der Waals surface area contributed by atoms with E-state index in [4.69, 9.17) is 5.73 Å². The predicted molar refractivity (Wildman–Crippen MR) is 72.0 cm³/mol. The van der Waals surface area contributed by atoms with Crippen molar-refractivity contribution in [1.82, 2.24) is 15.0 Å². The molecule has 0 aliphatic heterocycles. The van der Waals surface area contributed by atoms with E-state index in [1.54, 1.807) is 6.20 Å². The Kier molecular flexibility index (Phi) is 2.57. The quantitative estimate of drug-likeness (QED) is 0.720. The number of rotatable bonds is 2. The molecule has 0 fully saturated rings. The first-order chi connectivity index (χ1) is 8.79. The molecule has 3 aromatic heterocycles. The lowest BCUT2D eigenvalue weighted by Crippen LogP contribution is -2.00. The number of aromatic nitrogens is 3. The zero-order valence-corrected chi connectivity index (χ0v) is 10.1. The van der Waals surface area contributed by atoms with Gasteiger partial charge in [-0.15, -0.1) is 0 Å². The number of hydrogen-bond donors (Lipinski definition) is 2. The molecule has 0 radical (unpaired) electrons. The summed E-state index contributed by atoms with van der Waals surface area (Å²) in [5.41, 5.74) is 10.8. The number of nitrogens with zero attached hydrogens (tertiary/aromatic N) is 2. The Hall–Kier alpha value is -2.20. The first kappa shape index (κ1) is 10.9. The van der Waals surface area contributed by atoms with Gasteiger partial charge in [0.1, 0.15) is 5.65 Å². The van der Waals surface area contributed by atoms with Crippen molar-refractivity contribution < 1.29 is 0 Å². The number of aromatic amines is 1. The Morgan fingerprint density at radius 1 is 1.28 bits per heavy atom. The summed E-state index contributed by atoms with van der Waals surface area (Å²) >= 11 is 0. The second-order valence-corrected chi connectivity index (χ2v) is 4.30. The van der Waals surface area contributed by atoms with E-state index in [2.05, 4.69) is 27.9 Å². The SMILES string of the molecule is Cc1cc(-c2ccnc3[nH]ccc23)ncc1CN. The molecule has 0 aromatic carbocycles. The Labute approximate surface area is 105 Å². The predicted octanol–water partition coefficient (Wildman–Crippen LogP) is 2.39. The summed E-state index contributed by atoms with van der Waals surface area (Å²) in [6, 6.07) is 6.08. The average molecular weight is 238 g/mol. The standard InChI is InChI=1S/C14H14N4/c1-9-6-13(18-8-10(9)7-15)11-2-4-16-14-12(11)3-5-17-14/h2-6,8H,7,15H2,1H3,(H,16,17). The Morgan fingerprint density at radius 2 is 2.17 bits per heavy atom. The number of nitrogens with two attached hydrogens (primary N) is 1. The zero-order chi connectivity index (χ0) is 12.5. The second kappa shape index (κ2) is 4.23. The molecule has 4 heteroatoms. The van der Waals surface area contributed by atoms with Gasteiger partial charge in [-0.05, 0) is 36.2 Å². The third kappa shape index (κ3) is 1.67. The number of aryl methyl sites for hydroxylation is 1. The van der Waals surface area contributed by atoms with Crippen LogP contribution in [-0.2, 0) is 6.54 Å². The van der Waals surface area contributed by atoms with Crippen molar-refractivity contribution in [3.05, 3.63) is 47.9 Å². The topological polar surface area (TPSA) is 67.6 Å². The minimum absolute atomic E-state index is 0.523. The van der Waals surface area contributed by atoms with Crippen LogP contribution in [0.1, 0.15) is 11.1 Å². The third-order valence-corrected chi connectivity index (χ3v) is 3.18. The molecule has 3 aromatic rings. The van der Waals surface area contributed by atoms with Crippen molar-refractivity contribution in [2.24, 2.45) is 5.73 Å². The number of nitrogens with one attached hydrogen (secondary N) is 1. The average Bonchev–Trinajstić information content (AvgIpc) is 2.86. The third-order valence-electron chi connectivity index (χ3n) is 3.18. The van der Waals surface area contributed by atoms with E-state index in [9.17, 15) is 0 Å². The summed E-state index contributed by atoms with van der Waals surface area (Å²) in [4.78, 5) is 11.9. The molecule has 0 unspecified atom stereocenters. The molecule has 4 nitrogen and oxygen atoms in total. The van der Waals surface area contributed by atoms with Crippen molar-refractivity contribution in [3.8, 4) is 11.3 Å². The molecule has 0 amide bonds. The van der Waals surface area contributed by atoms with Gasteiger partial charge in [-0.3, -0.25) is 4.98 Å². The maximum atomic E-state index is 5.66. The van der Waals surface area contributed by atoms with Crippen molar-refractivity contribution in [2.75, 3.05) is 0 Å². The van der Waals surface area contributed by atoms with E-state index in [-0.39, 0.29) is 0 Å². The van der Waals surface area contributed by atoms with Gasteiger partial charge in [0.2, 0.25) is 0 Å². The van der Waals surface area contributed by atoms with Crippen molar-refractivity contribution in [1.29, 1.82) is 0 Å². The summed E-state index contributed by atoms with van der Waals surface area (Å²) in [6.07, 6.45) is 5.54. The van der Waals surface area contributed by atoms with Gasteiger partial charge in [0, 0.05) is 36.1 Å². The zero-order valence-electron chi connectivity index (χ0n) is 10.1. The van der Waals surface area contributed by atoms with E-state index >= 15 is 0 Å². The normalized spacial score (nSPS) is 11.0. The summed E-state index contributed by atoms with van der Waals surface area (Å²) in [5, 5.41) is 1.09. The van der Waals surface area contributed by atoms with Gasteiger partial charge >= 0.3 is 0 Å². The molecular weight excluding hydrogens is 224 g/mol. The van der Waals surface area contributed by atoms with Gasteiger partial charge in [-0.2, -0.15) is 0 Å². The van der Waals surface area contributed by atoms with Crippen LogP contribution in [0, 0.1) is 6.92 Å². The van der Waals surface area contributed by atoms with Crippen molar-refractivity contribution in [2.45, 2.75) is 13.5 Å². The highest BCUT2D eigenvalue weighted by Crippen LogP contribution is 2.26. The van der Waals surface area contributed by atoms with E-state index < -0.39 is 0 Å². The van der Waals surface area contributed by atoms with E-state index in [0.29, 0.717) is 6.54 Å². The van der Waals surface area contributed by atoms with Gasteiger partial charge in [-0.1, -0.05) is 0 Å². The molecule has 0 atom stereocenters. The number of pyridine rings is 2. The lowest BCUT2D eigenvalue weighted by Gasteiger charge is -2.07. The van der Waals surface area contributed by atoms with Crippen LogP contribution in [0.3, 0.4) is 0 Å². The molecule has 0 aliphatic rings. The van der Waals surface area contributed by atoms with Gasteiger partial charge in [0.15, 0.2) is 0 Å². The molecule has 0 aliphatic carbocycles. The number of fused-ring (bicyclic) bond motifs is 1. The van der Waals surface area contributed by atoms with Crippen LogP contribution in [0.2, 0.25) is 0 Å². The molecule has 0 saturated carbocycles. The van der Waals surface area contributed by atoms with Gasteiger partial charge in [-0.25, -0.2) is 4.98 Å². The fraction of sp³-hybridized carbons (Fsp3) is 0.143. The minimum Gasteiger partial charge on any atom is -0.346 e. The van der Waals surface area contributed by atoms with Crippen LogP contribution in [-0.4, -0.2) is 15.0 Å². The highest BCUT2D eigenvalue weighted by Gasteiger charge is 2.07. The molecule has 18 heavy (non-hydrogen) atoms. The minimum atomic E-state index is 0.523. The molecular formula is C14H14N4. The number of H-pyrrole nitrogens is 1.